The summed E-state index contributed by atoms with van der Waals surface area (Å²) < 4.78 is 1.62. The fourth-order valence-corrected chi connectivity index (χ4v) is 2.33. The minimum Gasteiger partial charge on any atom is -0.350 e. The van der Waals surface area contributed by atoms with Crippen LogP contribution in [0.4, 0.5) is 0 Å². The molecule has 0 saturated heterocycles. The fraction of sp³-hybridized carbons (Fsp3) is 0.667. The predicted molar refractivity (Wildman–Crippen MR) is 72.8 cm³/mol. The summed E-state index contributed by atoms with van der Waals surface area (Å²) in [7, 11) is 1.79. The van der Waals surface area contributed by atoms with E-state index in [4.69, 9.17) is 5.73 Å². The highest BCUT2D eigenvalue weighted by molar-refractivity contribution is 5.93. The number of hydrogen-bond donors (Lipinski definition) is 2. The lowest BCUT2D eigenvalue weighted by atomic mass is 9.82. The Bertz CT molecular complexity index is 399. The Morgan fingerprint density at radius 3 is 2.72 bits per heavy atom. The molecule has 1 amide bonds. The summed E-state index contributed by atoms with van der Waals surface area (Å²) in [6.45, 7) is 0.556. The van der Waals surface area contributed by atoms with Gasteiger partial charge in [0.05, 0.1) is 11.8 Å². The van der Waals surface area contributed by atoms with Crippen LogP contribution in [0.5, 0.6) is 0 Å². The molecule has 0 bridgehead atoms. The highest BCUT2D eigenvalue weighted by Gasteiger charge is 2.27. The van der Waals surface area contributed by atoms with Gasteiger partial charge < -0.3 is 11.1 Å². The number of rotatable bonds is 3. The summed E-state index contributed by atoms with van der Waals surface area (Å²) in [5, 5.41) is 6.88. The Hall–Kier alpha value is -1.07. The lowest BCUT2D eigenvalue weighted by molar-refractivity contribution is 0.0937. The van der Waals surface area contributed by atoms with Gasteiger partial charge in [-0.1, -0.05) is 19.3 Å². The molecule has 5 nitrogen and oxygen atoms in total. The van der Waals surface area contributed by atoms with E-state index in [1.165, 1.54) is 19.3 Å². The van der Waals surface area contributed by atoms with Crippen LogP contribution in [0.25, 0.3) is 0 Å². The Morgan fingerprint density at radius 2 is 2.17 bits per heavy atom. The average Bonchev–Trinajstić information content (AvgIpc) is 2.74. The standard InChI is InChI=1S/C12H20N4O.ClH/c1-16-8-10(7-15-16)11(17)14-9-12(13)5-3-2-4-6-12;/h7-8H,2-6,9,13H2,1H3,(H,14,17);1H. The van der Waals surface area contributed by atoms with E-state index in [1.54, 1.807) is 24.1 Å². The first-order chi connectivity index (χ1) is 8.09. The summed E-state index contributed by atoms with van der Waals surface area (Å²) in [6.07, 6.45) is 8.87. The summed E-state index contributed by atoms with van der Waals surface area (Å²) in [6, 6.07) is 0. The van der Waals surface area contributed by atoms with Crippen molar-refractivity contribution in [1.29, 1.82) is 0 Å². The summed E-state index contributed by atoms with van der Waals surface area (Å²) in [5.74, 6) is -0.0894. The second-order valence-electron chi connectivity index (χ2n) is 5.01. The molecule has 102 valence electrons. The van der Waals surface area contributed by atoms with Gasteiger partial charge in [-0.2, -0.15) is 5.10 Å². The molecular weight excluding hydrogens is 252 g/mol. The second kappa shape index (κ2) is 6.20. The summed E-state index contributed by atoms with van der Waals surface area (Å²) in [4.78, 5) is 11.8. The Balaban J connectivity index is 0.00000162. The van der Waals surface area contributed by atoms with Crippen LogP contribution in [-0.4, -0.2) is 27.8 Å². The van der Waals surface area contributed by atoms with Gasteiger partial charge in [0.1, 0.15) is 0 Å². The highest BCUT2D eigenvalue weighted by atomic mass is 35.5. The number of halogens is 1. The number of nitrogens with two attached hydrogens (primary N) is 1. The van der Waals surface area contributed by atoms with Crippen LogP contribution < -0.4 is 11.1 Å². The molecule has 0 aliphatic heterocycles. The van der Waals surface area contributed by atoms with Crippen molar-refractivity contribution in [3.05, 3.63) is 18.0 Å². The molecular formula is C12H21ClN4O. The molecule has 0 radical (unpaired) electrons. The number of aromatic nitrogens is 2. The molecule has 0 spiro atoms. The first-order valence-electron chi connectivity index (χ1n) is 6.15. The predicted octanol–water partition coefficient (Wildman–Crippen LogP) is 1.23. The zero-order valence-electron chi connectivity index (χ0n) is 10.7. The maximum absolute atomic E-state index is 11.8. The SMILES string of the molecule is Cl.Cn1cc(C(=O)NCC2(N)CCCCC2)cn1. The van der Waals surface area contributed by atoms with Gasteiger partial charge in [0.25, 0.3) is 5.91 Å². The van der Waals surface area contributed by atoms with Crippen LogP contribution in [0.3, 0.4) is 0 Å². The monoisotopic (exact) mass is 272 g/mol. The minimum atomic E-state index is -0.212. The maximum atomic E-state index is 11.8. The number of carbonyl (C=O) groups excluding carboxylic acids is 1. The van der Waals surface area contributed by atoms with Gasteiger partial charge in [0.2, 0.25) is 0 Å². The molecule has 2 rings (SSSR count). The maximum Gasteiger partial charge on any atom is 0.254 e. The molecule has 0 unspecified atom stereocenters. The average molecular weight is 273 g/mol. The Labute approximate surface area is 114 Å². The molecule has 3 N–H and O–H groups in total. The number of nitrogens with one attached hydrogen (secondary N) is 1. The number of hydrogen-bond acceptors (Lipinski definition) is 3. The third-order valence-corrected chi connectivity index (χ3v) is 3.42. The second-order valence-corrected chi connectivity index (χ2v) is 5.01. The molecule has 1 saturated carbocycles. The van der Waals surface area contributed by atoms with E-state index in [9.17, 15) is 4.79 Å². The van der Waals surface area contributed by atoms with Crippen molar-refractivity contribution in [2.75, 3.05) is 6.54 Å². The van der Waals surface area contributed by atoms with E-state index in [0.717, 1.165) is 12.8 Å². The van der Waals surface area contributed by atoms with Crippen LogP contribution in [0, 0.1) is 0 Å². The van der Waals surface area contributed by atoms with E-state index in [1.807, 2.05) is 0 Å². The normalized spacial score (nSPS) is 17.9. The van der Waals surface area contributed by atoms with Crippen LogP contribution in [0.1, 0.15) is 42.5 Å². The van der Waals surface area contributed by atoms with Gasteiger partial charge in [-0.3, -0.25) is 9.48 Å². The number of amides is 1. The van der Waals surface area contributed by atoms with Crippen molar-refractivity contribution in [3.63, 3.8) is 0 Å². The number of aryl methyl sites for hydroxylation is 1. The van der Waals surface area contributed by atoms with Crippen molar-refractivity contribution < 1.29 is 4.79 Å². The van der Waals surface area contributed by atoms with Gasteiger partial charge in [-0.25, -0.2) is 0 Å². The lowest BCUT2D eigenvalue weighted by Crippen LogP contribution is -2.51. The van der Waals surface area contributed by atoms with E-state index in [0.29, 0.717) is 12.1 Å². The molecule has 18 heavy (non-hydrogen) atoms. The largest absolute Gasteiger partial charge is 0.350 e. The van der Waals surface area contributed by atoms with E-state index >= 15 is 0 Å². The van der Waals surface area contributed by atoms with Crippen LogP contribution in [0.2, 0.25) is 0 Å². The van der Waals surface area contributed by atoms with E-state index in [2.05, 4.69) is 10.4 Å². The minimum absolute atomic E-state index is 0. The van der Waals surface area contributed by atoms with E-state index < -0.39 is 0 Å². The van der Waals surface area contributed by atoms with E-state index in [-0.39, 0.29) is 23.9 Å². The molecule has 1 heterocycles. The fourth-order valence-electron chi connectivity index (χ4n) is 2.33. The van der Waals surface area contributed by atoms with Crippen LogP contribution in [-0.2, 0) is 7.05 Å². The van der Waals surface area contributed by atoms with Gasteiger partial charge in [0, 0.05) is 25.3 Å². The van der Waals surface area contributed by atoms with Crippen LogP contribution >= 0.6 is 12.4 Å². The summed E-state index contributed by atoms with van der Waals surface area (Å²) in [5.41, 5.74) is 6.63. The van der Waals surface area contributed by atoms with Gasteiger partial charge in [-0.15, -0.1) is 12.4 Å². The molecule has 1 fully saturated rings. The van der Waals surface area contributed by atoms with Gasteiger partial charge in [0.15, 0.2) is 0 Å². The first kappa shape index (κ1) is 15.0. The molecule has 0 atom stereocenters. The first-order valence-corrected chi connectivity index (χ1v) is 6.15. The van der Waals surface area contributed by atoms with Gasteiger partial charge >= 0.3 is 0 Å². The Kier molecular flexibility index (Phi) is 5.16. The summed E-state index contributed by atoms with van der Waals surface area (Å²) >= 11 is 0. The van der Waals surface area contributed by atoms with Gasteiger partial charge in [-0.05, 0) is 12.8 Å². The quantitative estimate of drug-likeness (QED) is 0.869. The third kappa shape index (κ3) is 3.71. The lowest BCUT2D eigenvalue weighted by Gasteiger charge is -2.33. The van der Waals surface area contributed by atoms with Crippen molar-refractivity contribution in [3.8, 4) is 0 Å². The smallest absolute Gasteiger partial charge is 0.254 e. The van der Waals surface area contributed by atoms with Crippen molar-refractivity contribution in [1.82, 2.24) is 15.1 Å². The number of nitrogens with zero attached hydrogens (tertiary/aromatic N) is 2. The molecule has 0 aromatic carbocycles. The van der Waals surface area contributed by atoms with Crippen LogP contribution in [0.15, 0.2) is 12.4 Å². The highest BCUT2D eigenvalue weighted by Crippen LogP contribution is 2.25. The molecule has 1 aromatic rings. The zero-order chi connectivity index (χ0) is 12.3. The van der Waals surface area contributed by atoms with Crippen molar-refractivity contribution >= 4 is 18.3 Å². The molecule has 1 aliphatic rings. The molecule has 6 heteroatoms. The third-order valence-electron chi connectivity index (χ3n) is 3.42. The topological polar surface area (TPSA) is 72.9 Å². The van der Waals surface area contributed by atoms with Crippen molar-refractivity contribution in [2.24, 2.45) is 12.8 Å². The molecule has 1 aliphatic carbocycles. The Morgan fingerprint density at radius 1 is 1.50 bits per heavy atom. The zero-order valence-corrected chi connectivity index (χ0v) is 11.5. The van der Waals surface area contributed by atoms with Crippen molar-refractivity contribution in [2.45, 2.75) is 37.6 Å². The molecule has 1 aromatic heterocycles. The number of carbonyl (C=O) groups is 1.